The summed E-state index contributed by atoms with van der Waals surface area (Å²) in [6.07, 6.45) is 6.33. The highest BCUT2D eigenvalue weighted by Gasteiger charge is 2.68. The molecule has 0 unspecified atom stereocenters. The van der Waals surface area contributed by atoms with Crippen LogP contribution >= 0.6 is 0 Å². The fourth-order valence-corrected chi connectivity index (χ4v) is 6.08. The molecule has 4 nitrogen and oxygen atoms in total. The van der Waals surface area contributed by atoms with Crippen molar-refractivity contribution in [2.45, 2.75) is 71.3 Å². The van der Waals surface area contributed by atoms with Crippen LogP contribution in [0.15, 0.2) is 12.7 Å². The zero-order valence-corrected chi connectivity index (χ0v) is 15.1. The highest BCUT2D eigenvalue weighted by Crippen LogP contribution is 2.66. The van der Waals surface area contributed by atoms with Crippen LogP contribution < -0.4 is 0 Å². The second-order valence-corrected chi connectivity index (χ2v) is 9.26. The Morgan fingerprint density at radius 2 is 1.88 bits per heavy atom. The van der Waals surface area contributed by atoms with Gasteiger partial charge in [0.15, 0.2) is 0 Å². The Labute approximate surface area is 144 Å². The Kier molecular flexibility index (Phi) is 3.80. The van der Waals surface area contributed by atoms with Gasteiger partial charge in [0.1, 0.15) is 5.78 Å². The van der Waals surface area contributed by atoms with Gasteiger partial charge in [0.2, 0.25) is 0 Å². The van der Waals surface area contributed by atoms with Gasteiger partial charge in [-0.15, -0.1) is 6.58 Å². The molecular weight excluding hydrogens is 304 g/mol. The summed E-state index contributed by atoms with van der Waals surface area (Å²) in [5, 5.41) is 21.5. The molecule has 3 fully saturated rings. The Hall–Kier alpha value is -1.16. The summed E-state index contributed by atoms with van der Waals surface area (Å²) in [5.74, 6) is -1.48. The van der Waals surface area contributed by atoms with Crippen molar-refractivity contribution in [3.8, 4) is 0 Å². The normalized spacial score (nSPS) is 51.4. The van der Waals surface area contributed by atoms with Crippen LogP contribution in [0, 0.1) is 28.1 Å². The van der Waals surface area contributed by atoms with Gasteiger partial charge in [-0.2, -0.15) is 0 Å². The number of carboxylic acid groups (broad SMARTS) is 1. The van der Waals surface area contributed by atoms with Gasteiger partial charge in [-0.05, 0) is 50.4 Å². The number of aliphatic carboxylic acids is 1. The zero-order chi connectivity index (χ0) is 18.0. The van der Waals surface area contributed by atoms with E-state index in [9.17, 15) is 19.8 Å². The van der Waals surface area contributed by atoms with E-state index in [-0.39, 0.29) is 23.5 Å². The van der Waals surface area contributed by atoms with Crippen LogP contribution in [-0.2, 0) is 9.59 Å². The van der Waals surface area contributed by atoms with E-state index in [0.717, 1.165) is 19.3 Å². The first kappa shape index (κ1) is 17.7. The molecule has 0 heterocycles. The molecular formula is C20H30O4. The van der Waals surface area contributed by atoms with Crippen molar-refractivity contribution >= 4 is 11.8 Å². The van der Waals surface area contributed by atoms with Gasteiger partial charge in [-0.1, -0.05) is 26.3 Å². The second-order valence-electron chi connectivity index (χ2n) is 9.26. The number of ketones is 1. The second kappa shape index (κ2) is 5.17. The molecule has 4 heteroatoms. The van der Waals surface area contributed by atoms with Crippen molar-refractivity contribution in [1.82, 2.24) is 0 Å². The quantitative estimate of drug-likeness (QED) is 0.757. The monoisotopic (exact) mass is 334 g/mol. The average molecular weight is 334 g/mol. The molecule has 0 aromatic carbocycles. The highest BCUT2D eigenvalue weighted by atomic mass is 16.4. The summed E-state index contributed by atoms with van der Waals surface area (Å²) in [7, 11) is 0. The molecule has 0 aromatic rings. The molecule has 3 aliphatic rings. The van der Waals surface area contributed by atoms with Crippen molar-refractivity contribution in [3.63, 3.8) is 0 Å². The summed E-state index contributed by atoms with van der Waals surface area (Å²) >= 11 is 0. The Morgan fingerprint density at radius 1 is 1.21 bits per heavy atom. The maximum atomic E-state index is 13.0. The molecule has 0 aliphatic heterocycles. The first-order valence-electron chi connectivity index (χ1n) is 9.14. The number of aliphatic hydroxyl groups is 1. The van der Waals surface area contributed by atoms with Gasteiger partial charge in [0.25, 0.3) is 0 Å². The van der Waals surface area contributed by atoms with E-state index in [1.54, 1.807) is 6.92 Å². The van der Waals surface area contributed by atoms with E-state index in [0.29, 0.717) is 19.3 Å². The van der Waals surface area contributed by atoms with E-state index in [2.05, 4.69) is 13.5 Å². The van der Waals surface area contributed by atoms with Crippen molar-refractivity contribution < 1.29 is 19.8 Å². The molecule has 0 aromatic heterocycles. The number of Topliss-reactive ketones (excluding diaryl/α,β-unsaturated/α-hetero) is 1. The number of allylic oxidation sites excluding steroid dienone is 1. The van der Waals surface area contributed by atoms with Crippen LogP contribution in [0.1, 0.15) is 65.7 Å². The van der Waals surface area contributed by atoms with Crippen molar-refractivity contribution in [3.05, 3.63) is 12.7 Å². The number of fused-ring (bicyclic) bond motifs is 3. The zero-order valence-electron chi connectivity index (χ0n) is 15.1. The fraction of sp³-hybridized carbons (Fsp3) is 0.800. The molecule has 0 bridgehead atoms. The third-order valence-electron chi connectivity index (χ3n) is 8.02. The van der Waals surface area contributed by atoms with Crippen LogP contribution in [0.5, 0.6) is 0 Å². The number of hydrogen-bond acceptors (Lipinski definition) is 3. The SMILES string of the molecule is C=C[C@]1(C)CC[C@@]2(O)[C@@H](C1)C(=O)C[C@@H]1[C@](C)(C(=O)O)CCC[C@]12C. The molecule has 134 valence electrons. The lowest BCUT2D eigenvalue weighted by atomic mass is 9.41. The first-order valence-corrected chi connectivity index (χ1v) is 9.14. The Bertz CT molecular complexity index is 598. The third-order valence-corrected chi connectivity index (χ3v) is 8.02. The lowest BCUT2D eigenvalue weighted by molar-refractivity contribution is -0.230. The topological polar surface area (TPSA) is 74.6 Å². The minimum Gasteiger partial charge on any atom is -0.481 e. The van der Waals surface area contributed by atoms with E-state index >= 15 is 0 Å². The molecule has 6 atom stereocenters. The van der Waals surface area contributed by atoms with Crippen molar-refractivity contribution in [2.24, 2.45) is 28.1 Å². The summed E-state index contributed by atoms with van der Waals surface area (Å²) in [4.78, 5) is 24.9. The predicted octanol–water partition coefficient (Wildman–Crippen LogP) is 3.58. The molecule has 0 radical (unpaired) electrons. The number of hydrogen-bond donors (Lipinski definition) is 2. The van der Waals surface area contributed by atoms with Crippen LogP contribution in [0.25, 0.3) is 0 Å². The lowest BCUT2D eigenvalue weighted by Gasteiger charge is -2.64. The maximum Gasteiger partial charge on any atom is 0.309 e. The molecule has 2 N–H and O–H groups in total. The van der Waals surface area contributed by atoms with Gasteiger partial charge < -0.3 is 10.2 Å². The Morgan fingerprint density at radius 3 is 2.46 bits per heavy atom. The predicted molar refractivity (Wildman–Crippen MR) is 91.4 cm³/mol. The third kappa shape index (κ3) is 2.08. The van der Waals surface area contributed by atoms with Crippen LogP contribution in [0.2, 0.25) is 0 Å². The molecule has 0 amide bonds. The summed E-state index contributed by atoms with van der Waals surface area (Å²) in [6, 6.07) is 0. The smallest absolute Gasteiger partial charge is 0.309 e. The standard InChI is InChI=1S/C20H30O4/c1-5-17(2)9-10-20(24)13(12-17)14(21)11-15-18(3,16(22)23)7-6-8-19(15,20)4/h5,13,15,24H,1,6-12H2,2-4H3,(H,22,23)/t13-,15+,17+,18+,19+,20+/m0/s1. The summed E-state index contributed by atoms with van der Waals surface area (Å²) in [6.45, 7) is 9.82. The van der Waals surface area contributed by atoms with Crippen molar-refractivity contribution in [2.75, 3.05) is 0 Å². The minimum atomic E-state index is -1.09. The molecule has 0 saturated heterocycles. The average Bonchev–Trinajstić information content (AvgIpc) is 2.52. The molecule has 3 rings (SSSR count). The molecule has 0 spiro atoms. The van der Waals surface area contributed by atoms with E-state index in [1.165, 1.54) is 0 Å². The van der Waals surface area contributed by atoms with Crippen LogP contribution in [0.3, 0.4) is 0 Å². The Balaban J connectivity index is 2.07. The lowest BCUT2D eigenvalue weighted by Crippen LogP contribution is -2.68. The fourth-order valence-electron chi connectivity index (χ4n) is 6.08. The minimum absolute atomic E-state index is 0.0436. The maximum absolute atomic E-state index is 13.0. The molecule has 24 heavy (non-hydrogen) atoms. The largest absolute Gasteiger partial charge is 0.481 e. The summed E-state index contributed by atoms with van der Waals surface area (Å²) in [5.41, 5.74) is -2.66. The number of carboxylic acids is 1. The summed E-state index contributed by atoms with van der Waals surface area (Å²) < 4.78 is 0. The van der Waals surface area contributed by atoms with E-state index in [4.69, 9.17) is 0 Å². The first-order chi connectivity index (χ1) is 11.0. The highest BCUT2D eigenvalue weighted by molar-refractivity contribution is 5.86. The van der Waals surface area contributed by atoms with Gasteiger partial charge in [0, 0.05) is 17.8 Å². The number of rotatable bonds is 2. The number of carbonyl (C=O) groups excluding carboxylic acids is 1. The van der Waals surface area contributed by atoms with E-state index < -0.39 is 28.3 Å². The van der Waals surface area contributed by atoms with Crippen LogP contribution in [0.4, 0.5) is 0 Å². The van der Waals surface area contributed by atoms with Gasteiger partial charge in [-0.25, -0.2) is 0 Å². The molecule has 3 aliphatic carbocycles. The van der Waals surface area contributed by atoms with Gasteiger partial charge in [0.05, 0.1) is 11.0 Å². The van der Waals surface area contributed by atoms with E-state index in [1.807, 2.05) is 13.0 Å². The van der Waals surface area contributed by atoms with Crippen LogP contribution in [-0.4, -0.2) is 27.6 Å². The van der Waals surface area contributed by atoms with Gasteiger partial charge in [-0.3, -0.25) is 9.59 Å². The van der Waals surface area contributed by atoms with Crippen molar-refractivity contribution in [1.29, 1.82) is 0 Å². The number of carbonyl (C=O) groups is 2. The molecule has 3 saturated carbocycles. The van der Waals surface area contributed by atoms with Gasteiger partial charge >= 0.3 is 5.97 Å².